The zero-order chi connectivity index (χ0) is 29.3. The number of aldehydes is 1. The van der Waals surface area contributed by atoms with E-state index < -0.39 is 5.41 Å². The molecule has 9 nitrogen and oxygen atoms in total. The first-order chi connectivity index (χ1) is 18.6. The first-order valence-electron chi connectivity index (χ1n) is 13.1. The Bertz CT molecular complexity index is 1020. The summed E-state index contributed by atoms with van der Waals surface area (Å²) in [6.07, 6.45) is 5.15. The molecule has 39 heavy (non-hydrogen) atoms. The van der Waals surface area contributed by atoms with E-state index in [-0.39, 0.29) is 24.4 Å². The molecule has 0 spiro atoms. The molecule has 1 aromatic heterocycles. The maximum Gasteiger partial charge on any atom is 0.302 e. The van der Waals surface area contributed by atoms with Crippen LogP contribution in [0.2, 0.25) is 0 Å². The molecule has 1 aromatic carbocycles. The van der Waals surface area contributed by atoms with E-state index in [2.05, 4.69) is 34.1 Å². The van der Waals surface area contributed by atoms with E-state index >= 15 is 0 Å². The fourth-order valence-corrected chi connectivity index (χ4v) is 4.35. The predicted molar refractivity (Wildman–Crippen MR) is 153 cm³/mol. The van der Waals surface area contributed by atoms with E-state index in [4.69, 9.17) is 4.74 Å². The lowest BCUT2D eigenvalue weighted by Gasteiger charge is -2.22. The standard InChI is InChI=1S/C14H25NO3.C12H12N2OS.C3H6O2/c1-4-5-8-18-12-6-7-15(10-12)13(17)9-14(2,3)11-16;1-9-12(16-8-14-9)11-4-2-10(3-5-11)6-13-7-15;1-3(4)5-2/h11-12H,4-10H2,1-3H3;2-5,7-8H,6H2,1H3,(H,13,15);1-2H3. The number of ether oxygens (including phenoxy) is 2. The van der Waals surface area contributed by atoms with Crippen molar-refractivity contribution < 1.29 is 28.7 Å². The van der Waals surface area contributed by atoms with E-state index in [0.717, 1.165) is 50.0 Å². The molecule has 1 fully saturated rings. The van der Waals surface area contributed by atoms with E-state index in [1.807, 2.05) is 29.5 Å². The molecular formula is C29H43N3O6S. The minimum atomic E-state index is -0.557. The maximum atomic E-state index is 12.0. The van der Waals surface area contributed by atoms with Crippen LogP contribution in [0, 0.1) is 12.3 Å². The van der Waals surface area contributed by atoms with Crippen molar-refractivity contribution in [1.29, 1.82) is 0 Å². The van der Waals surface area contributed by atoms with Crippen molar-refractivity contribution in [2.75, 3.05) is 26.8 Å². The van der Waals surface area contributed by atoms with Crippen LogP contribution >= 0.6 is 11.3 Å². The number of carbonyl (C=O) groups excluding carboxylic acids is 4. The van der Waals surface area contributed by atoms with Crippen molar-refractivity contribution in [1.82, 2.24) is 15.2 Å². The monoisotopic (exact) mass is 561 g/mol. The van der Waals surface area contributed by atoms with Crippen LogP contribution in [0.3, 0.4) is 0 Å². The van der Waals surface area contributed by atoms with Gasteiger partial charge in [-0.1, -0.05) is 51.5 Å². The zero-order valence-corrected chi connectivity index (χ0v) is 24.8. The second-order valence-corrected chi connectivity index (χ2v) is 10.8. The third-order valence-electron chi connectivity index (χ3n) is 5.91. The number of carbonyl (C=O) groups is 4. The second kappa shape index (κ2) is 18.2. The zero-order valence-electron chi connectivity index (χ0n) is 24.0. The second-order valence-electron chi connectivity index (χ2n) is 9.92. The van der Waals surface area contributed by atoms with Gasteiger partial charge in [0.15, 0.2) is 0 Å². The highest BCUT2D eigenvalue weighted by atomic mass is 32.1. The number of hydrogen-bond acceptors (Lipinski definition) is 8. The van der Waals surface area contributed by atoms with Crippen molar-refractivity contribution >= 4 is 35.9 Å². The first kappa shape index (κ1) is 33.9. The summed E-state index contributed by atoms with van der Waals surface area (Å²) in [5, 5.41) is 2.64. The van der Waals surface area contributed by atoms with Crippen LogP contribution in [0.15, 0.2) is 29.8 Å². The topological polar surface area (TPSA) is 115 Å². The maximum absolute atomic E-state index is 12.0. The smallest absolute Gasteiger partial charge is 0.302 e. The summed E-state index contributed by atoms with van der Waals surface area (Å²) in [4.78, 5) is 49.8. The quantitative estimate of drug-likeness (QED) is 0.243. The van der Waals surface area contributed by atoms with Crippen molar-refractivity contribution in [3.63, 3.8) is 0 Å². The molecule has 1 atom stereocenters. The highest BCUT2D eigenvalue weighted by Gasteiger charge is 2.30. The molecule has 0 bridgehead atoms. The van der Waals surface area contributed by atoms with Crippen LogP contribution in [-0.2, 0) is 35.2 Å². The Labute approximate surface area is 236 Å². The van der Waals surface area contributed by atoms with Gasteiger partial charge in [0, 0.05) is 45.0 Å². The van der Waals surface area contributed by atoms with Gasteiger partial charge in [-0.2, -0.15) is 0 Å². The van der Waals surface area contributed by atoms with Crippen LogP contribution in [0.5, 0.6) is 0 Å². The Morgan fingerprint density at radius 3 is 2.41 bits per heavy atom. The van der Waals surface area contributed by atoms with Gasteiger partial charge in [0.1, 0.15) is 6.29 Å². The number of nitrogens with one attached hydrogen (secondary N) is 1. The third-order valence-corrected chi connectivity index (χ3v) is 6.89. The van der Waals surface area contributed by atoms with Crippen molar-refractivity contribution in [3.05, 3.63) is 41.0 Å². The first-order valence-corrected chi connectivity index (χ1v) is 14.0. The van der Waals surface area contributed by atoms with Crippen LogP contribution in [-0.4, -0.2) is 67.4 Å². The number of thiazole rings is 1. The van der Waals surface area contributed by atoms with Gasteiger partial charge >= 0.3 is 5.97 Å². The van der Waals surface area contributed by atoms with Crippen LogP contribution in [0.25, 0.3) is 10.4 Å². The van der Waals surface area contributed by atoms with Crippen molar-refractivity contribution in [2.45, 2.75) is 73.0 Å². The molecule has 0 radical (unpaired) electrons. The Balaban J connectivity index is 0.000000334. The fraction of sp³-hybridized carbons (Fsp3) is 0.552. The lowest BCUT2D eigenvalue weighted by molar-refractivity contribution is -0.138. The highest BCUT2D eigenvalue weighted by molar-refractivity contribution is 7.13. The van der Waals surface area contributed by atoms with E-state index in [1.54, 1.807) is 25.2 Å². The molecule has 0 saturated carbocycles. The molecule has 3 rings (SSSR count). The number of amides is 2. The summed E-state index contributed by atoms with van der Waals surface area (Å²) >= 11 is 1.64. The van der Waals surface area contributed by atoms with Gasteiger partial charge in [-0.3, -0.25) is 14.4 Å². The normalized spacial score (nSPS) is 14.3. The number of benzene rings is 1. The molecule has 2 heterocycles. The highest BCUT2D eigenvalue weighted by Crippen LogP contribution is 2.27. The van der Waals surface area contributed by atoms with Gasteiger partial charge in [0.05, 0.1) is 29.3 Å². The molecule has 1 N–H and O–H groups in total. The summed E-state index contributed by atoms with van der Waals surface area (Å²) in [5.41, 5.74) is 4.63. The third kappa shape index (κ3) is 13.5. The van der Waals surface area contributed by atoms with Gasteiger partial charge in [-0.05, 0) is 30.9 Å². The molecule has 2 amide bonds. The number of aryl methyl sites for hydroxylation is 1. The summed E-state index contributed by atoms with van der Waals surface area (Å²) < 4.78 is 9.83. The number of esters is 1. The van der Waals surface area contributed by atoms with Crippen LogP contribution in [0.1, 0.15) is 64.6 Å². The van der Waals surface area contributed by atoms with Gasteiger partial charge in [0.25, 0.3) is 0 Å². The number of nitrogens with zero attached hydrogens (tertiary/aromatic N) is 2. The largest absolute Gasteiger partial charge is 0.469 e. The van der Waals surface area contributed by atoms with Crippen LogP contribution < -0.4 is 5.32 Å². The summed E-state index contributed by atoms with van der Waals surface area (Å²) in [6, 6.07) is 8.15. The molecule has 1 saturated heterocycles. The molecule has 2 aromatic rings. The molecule has 0 aliphatic carbocycles. The molecule has 1 aliphatic rings. The number of rotatable bonds is 11. The lowest BCUT2D eigenvalue weighted by atomic mass is 9.91. The molecular weight excluding hydrogens is 518 g/mol. The Morgan fingerprint density at radius 2 is 1.90 bits per heavy atom. The number of likely N-dealkylation sites (tertiary alicyclic amines) is 1. The minimum absolute atomic E-state index is 0.0636. The predicted octanol–water partition coefficient (Wildman–Crippen LogP) is 4.56. The molecule has 1 aliphatic heterocycles. The van der Waals surface area contributed by atoms with Gasteiger partial charge < -0.3 is 24.5 Å². The number of unbranched alkanes of at least 4 members (excludes halogenated alkanes) is 1. The summed E-state index contributed by atoms with van der Waals surface area (Å²) in [7, 11) is 1.35. The van der Waals surface area contributed by atoms with Gasteiger partial charge in [0.2, 0.25) is 12.3 Å². The Kier molecular flexibility index (Phi) is 15.9. The van der Waals surface area contributed by atoms with Gasteiger partial charge in [-0.15, -0.1) is 11.3 Å². The number of hydrogen-bond donors (Lipinski definition) is 1. The Hall–Kier alpha value is -3.11. The minimum Gasteiger partial charge on any atom is -0.469 e. The summed E-state index contributed by atoms with van der Waals surface area (Å²) in [5.74, 6) is -0.182. The fourth-order valence-electron chi connectivity index (χ4n) is 3.54. The van der Waals surface area contributed by atoms with Crippen molar-refractivity contribution in [3.8, 4) is 10.4 Å². The molecule has 10 heteroatoms. The van der Waals surface area contributed by atoms with Crippen molar-refractivity contribution in [2.24, 2.45) is 5.41 Å². The number of aromatic nitrogens is 1. The average molecular weight is 562 g/mol. The Morgan fingerprint density at radius 1 is 1.23 bits per heavy atom. The summed E-state index contributed by atoms with van der Waals surface area (Å²) in [6.45, 7) is 11.9. The number of methoxy groups -OCH3 is 1. The SMILES string of the molecule is CCCCOC1CCN(C(=O)CC(C)(C)C=O)C1.COC(C)=O.Cc1ncsc1-c1ccc(CNC=O)cc1. The molecule has 216 valence electrons. The van der Waals surface area contributed by atoms with E-state index in [0.29, 0.717) is 19.5 Å². The van der Waals surface area contributed by atoms with E-state index in [1.165, 1.54) is 24.5 Å². The average Bonchev–Trinajstić information content (AvgIpc) is 3.58. The lowest BCUT2D eigenvalue weighted by Crippen LogP contribution is -2.34. The van der Waals surface area contributed by atoms with Crippen LogP contribution in [0.4, 0.5) is 0 Å². The molecule has 1 unspecified atom stereocenters. The van der Waals surface area contributed by atoms with E-state index in [9.17, 15) is 19.2 Å². The van der Waals surface area contributed by atoms with Gasteiger partial charge in [-0.25, -0.2) is 4.98 Å².